The molecule has 0 spiro atoms. The van der Waals surface area contributed by atoms with Gasteiger partial charge in [0.2, 0.25) is 10.4 Å². The monoisotopic (exact) mass is 265 g/mol. The quantitative estimate of drug-likeness (QED) is 0.437. The molecule has 0 radical (unpaired) electrons. The van der Waals surface area contributed by atoms with Crippen LogP contribution < -0.4 is 0 Å². The lowest BCUT2D eigenvalue weighted by Crippen LogP contribution is -2.54. The lowest BCUT2D eigenvalue weighted by molar-refractivity contribution is -0.403. The van der Waals surface area contributed by atoms with Crippen LogP contribution in [0.2, 0.25) is 0 Å². The molecule has 0 unspecified atom stereocenters. The van der Waals surface area contributed by atoms with Crippen LogP contribution >= 0.6 is 0 Å². The number of alkyl halides is 7. The maximum absolute atomic E-state index is 11.9. The SMILES string of the molecule is O=S(=O)([O-])OC(F)(F)C(F)(F)C(F)(F)F. The van der Waals surface area contributed by atoms with Crippen LogP contribution in [-0.2, 0) is 14.6 Å². The van der Waals surface area contributed by atoms with E-state index < -0.39 is 28.6 Å². The molecule has 0 amide bonds. The zero-order valence-corrected chi connectivity index (χ0v) is 7.00. The van der Waals surface area contributed by atoms with Crippen LogP contribution in [0.1, 0.15) is 0 Å². The number of halogens is 7. The number of hydrogen-bond donors (Lipinski definition) is 0. The molecule has 12 heteroatoms. The Morgan fingerprint density at radius 3 is 1.47 bits per heavy atom. The fourth-order valence-electron chi connectivity index (χ4n) is 0.346. The summed E-state index contributed by atoms with van der Waals surface area (Å²) < 4.78 is 112. The second kappa shape index (κ2) is 3.45. The average Bonchev–Trinajstić information content (AvgIpc) is 1.77. The van der Waals surface area contributed by atoms with E-state index in [-0.39, 0.29) is 0 Å². The first kappa shape index (κ1) is 14.4. The van der Waals surface area contributed by atoms with E-state index in [0.29, 0.717) is 0 Å². The van der Waals surface area contributed by atoms with E-state index in [4.69, 9.17) is 0 Å². The van der Waals surface area contributed by atoms with Gasteiger partial charge in [-0.25, -0.2) is 12.6 Å². The summed E-state index contributed by atoms with van der Waals surface area (Å²) in [5.74, 6) is -6.79. The third-order valence-electron chi connectivity index (χ3n) is 0.928. The molecule has 4 nitrogen and oxygen atoms in total. The molecule has 0 aliphatic heterocycles. The molecule has 0 atom stereocenters. The van der Waals surface area contributed by atoms with Crippen LogP contribution in [0.5, 0.6) is 0 Å². The molecule has 0 rings (SSSR count). The third kappa shape index (κ3) is 3.17. The second-order valence-electron chi connectivity index (χ2n) is 2.08. The van der Waals surface area contributed by atoms with Crippen molar-refractivity contribution < 1.29 is 47.9 Å². The molecule has 0 N–H and O–H groups in total. The summed E-state index contributed by atoms with van der Waals surface area (Å²) in [4.78, 5) is 0. The van der Waals surface area contributed by atoms with Crippen molar-refractivity contribution in [3.05, 3.63) is 0 Å². The fourth-order valence-corrected chi connectivity index (χ4v) is 0.707. The summed E-state index contributed by atoms with van der Waals surface area (Å²) in [7, 11) is -6.41. The Balaban J connectivity index is 5.21. The first-order valence-electron chi connectivity index (χ1n) is 2.69. The molecule has 0 saturated heterocycles. The maximum Gasteiger partial charge on any atom is 0.462 e. The van der Waals surface area contributed by atoms with Gasteiger partial charge < -0.3 is 4.55 Å². The summed E-state index contributed by atoms with van der Waals surface area (Å²) in [5.41, 5.74) is 0. The van der Waals surface area contributed by atoms with E-state index >= 15 is 0 Å². The van der Waals surface area contributed by atoms with Gasteiger partial charge in [0.15, 0.2) is 0 Å². The highest BCUT2D eigenvalue weighted by atomic mass is 32.3. The molecule has 0 aromatic rings. The molecule has 15 heavy (non-hydrogen) atoms. The van der Waals surface area contributed by atoms with Crippen molar-refractivity contribution in [2.24, 2.45) is 0 Å². The van der Waals surface area contributed by atoms with Gasteiger partial charge in [0.25, 0.3) is 0 Å². The summed E-state index contributed by atoms with van der Waals surface area (Å²) in [6, 6.07) is 0. The van der Waals surface area contributed by atoms with Crippen molar-refractivity contribution in [1.29, 1.82) is 0 Å². The highest BCUT2D eigenvalue weighted by Gasteiger charge is 2.75. The Kier molecular flexibility index (Phi) is 3.31. The smallest absolute Gasteiger partial charge is 0.462 e. The van der Waals surface area contributed by atoms with Crippen molar-refractivity contribution in [3.8, 4) is 0 Å². The molecule has 0 aliphatic rings. The van der Waals surface area contributed by atoms with Gasteiger partial charge in [0.1, 0.15) is 0 Å². The first-order chi connectivity index (χ1) is 6.21. The number of rotatable bonds is 3. The van der Waals surface area contributed by atoms with Crippen LogP contribution in [0.25, 0.3) is 0 Å². The van der Waals surface area contributed by atoms with Crippen LogP contribution in [-0.4, -0.2) is 31.2 Å². The minimum absolute atomic E-state index is 1.83. The lowest BCUT2D eigenvalue weighted by Gasteiger charge is -2.27. The Labute approximate surface area is 77.6 Å². The van der Waals surface area contributed by atoms with E-state index in [2.05, 4.69) is 0 Å². The average molecular weight is 265 g/mol. The van der Waals surface area contributed by atoms with Crippen molar-refractivity contribution in [2.45, 2.75) is 18.2 Å². The molecule has 0 bridgehead atoms. The Bertz CT molecular complexity index is 329. The summed E-state index contributed by atoms with van der Waals surface area (Å²) in [6.07, 6.45) is -13.3. The van der Waals surface area contributed by atoms with E-state index in [1.807, 2.05) is 4.18 Å². The molecule has 0 heterocycles. The van der Waals surface area contributed by atoms with Crippen LogP contribution in [0.15, 0.2) is 0 Å². The van der Waals surface area contributed by atoms with Crippen molar-refractivity contribution in [3.63, 3.8) is 0 Å². The van der Waals surface area contributed by atoms with Crippen LogP contribution in [0.4, 0.5) is 30.7 Å². The van der Waals surface area contributed by atoms with Gasteiger partial charge in [-0.15, -0.1) is 0 Å². The Morgan fingerprint density at radius 2 is 1.27 bits per heavy atom. The predicted octanol–water partition coefficient (Wildman–Crippen LogP) is 1.25. The van der Waals surface area contributed by atoms with Gasteiger partial charge in [-0.1, -0.05) is 0 Å². The van der Waals surface area contributed by atoms with Gasteiger partial charge in [-0.05, 0) is 0 Å². The largest absolute Gasteiger partial charge is 0.725 e. The minimum atomic E-state index is -6.79. The highest BCUT2D eigenvalue weighted by Crippen LogP contribution is 2.47. The predicted molar refractivity (Wildman–Crippen MR) is 26.7 cm³/mol. The molecule has 0 aliphatic carbocycles. The first-order valence-corrected chi connectivity index (χ1v) is 4.03. The van der Waals surface area contributed by atoms with Gasteiger partial charge in [0.05, 0.1) is 0 Å². The summed E-state index contributed by atoms with van der Waals surface area (Å²) in [5, 5.41) is 0. The standard InChI is InChI=1S/C3HF7O4S/c4-1(5,2(6,7)8)3(9,10)14-15(11,12)13/h(H,11,12,13)/p-1. The third-order valence-corrected chi connectivity index (χ3v) is 1.34. The molecular weight excluding hydrogens is 265 g/mol. The van der Waals surface area contributed by atoms with Crippen molar-refractivity contribution >= 4 is 10.4 Å². The van der Waals surface area contributed by atoms with E-state index in [1.165, 1.54) is 0 Å². The van der Waals surface area contributed by atoms with E-state index in [9.17, 15) is 43.7 Å². The minimum Gasteiger partial charge on any atom is -0.725 e. The molecule has 0 aromatic heterocycles. The zero-order valence-electron chi connectivity index (χ0n) is 6.19. The summed E-state index contributed by atoms with van der Waals surface area (Å²) >= 11 is 0. The van der Waals surface area contributed by atoms with Crippen LogP contribution in [0.3, 0.4) is 0 Å². The normalized spacial score (nSPS) is 15.5. The van der Waals surface area contributed by atoms with Gasteiger partial charge >= 0.3 is 18.2 Å². The van der Waals surface area contributed by atoms with E-state index in [0.717, 1.165) is 0 Å². The lowest BCUT2D eigenvalue weighted by atomic mass is 10.3. The second-order valence-corrected chi connectivity index (χ2v) is 3.06. The van der Waals surface area contributed by atoms with Crippen molar-refractivity contribution in [2.75, 3.05) is 0 Å². The van der Waals surface area contributed by atoms with E-state index in [1.54, 1.807) is 0 Å². The maximum atomic E-state index is 11.9. The van der Waals surface area contributed by atoms with Gasteiger partial charge in [0, 0.05) is 0 Å². The molecule has 92 valence electrons. The zero-order chi connectivity index (χ0) is 12.7. The Hall–Kier alpha value is -0.620. The number of hydrogen-bond acceptors (Lipinski definition) is 4. The van der Waals surface area contributed by atoms with Crippen molar-refractivity contribution in [1.82, 2.24) is 0 Å². The van der Waals surface area contributed by atoms with Crippen LogP contribution in [0, 0.1) is 0 Å². The van der Waals surface area contributed by atoms with Gasteiger partial charge in [-0.2, -0.15) is 30.7 Å². The summed E-state index contributed by atoms with van der Waals surface area (Å²) in [6.45, 7) is 0. The molecule has 0 saturated carbocycles. The molecule has 0 fully saturated rings. The Morgan fingerprint density at radius 1 is 0.933 bits per heavy atom. The van der Waals surface area contributed by atoms with Gasteiger partial charge in [-0.3, -0.25) is 0 Å². The highest BCUT2D eigenvalue weighted by molar-refractivity contribution is 7.80. The topological polar surface area (TPSA) is 66.4 Å². The molecule has 0 aromatic carbocycles. The molecular formula is C3F7O4S-. The fraction of sp³-hybridized carbons (Fsp3) is 1.00.